The third-order valence-electron chi connectivity index (χ3n) is 0.723. The lowest BCUT2D eigenvalue weighted by atomic mass is 10.5. The molecule has 1 aromatic rings. The minimum atomic E-state index is 0.500. The minimum Gasteiger partial charge on any atom is -0.468 e. The van der Waals surface area contributed by atoms with Gasteiger partial charge in [0.05, 0.1) is 11.4 Å². The highest BCUT2D eigenvalue weighted by Gasteiger charge is 1.90. The van der Waals surface area contributed by atoms with E-state index in [0.29, 0.717) is 11.4 Å². The summed E-state index contributed by atoms with van der Waals surface area (Å²) in [6.07, 6.45) is 2.80. The average Bonchev–Trinajstić information content (AvgIpc) is 1.91. The van der Waals surface area contributed by atoms with Crippen LogP contribution >= 0.6 is 0 Å². The topological polar surface area (TPSA) is 65.2 Å². The van der Waals surface area contributed by atoms with Gasteiger partial charge >= 0.3 is 0 Å². The van der Waals surface area contributed by atoms with Gasteiger partial charge in [0.25, 0.3) is 0 Å². The summed E-state index contributed by atoms with van der Waals surface area (Å²) in [5, 5.41) is 0. The molecule has 3 nitrogen and oxygen atoms in total. The molecule has 0 unspecified atom stereocenters. The molecule has 38 valence electrons. The summed E-state index contributed by atoms with van der Waals surface area (Å²) in [6.45, 7) is 0. The van der Waals surface area contributed by atoms with Crippen LogP contribution in [0.3, 0.4) is 0 Å². The molecule has 1 rings (SSSR count). The van der Waals surface area contributed by atoms with Crippen molar-refractivity contribution in [2.24, 2.45) is 0 Å². The van der Waals surface area contributed by atoms with Crippen LogP contribution in [0.5, 0.6) is 0 Å². The molecule has 0 fully saturated rings. The molecular weight excluding hydrogens is 92.1 g/mol. The summed E-state index contributed by atoms with van der Waals surface area (Å²) in [5.74, 6) is 0. The van der Waals surface area contributed by atoms with Gasteiger partial charge in [-0.2, -0.15) is 0 Å². The largest absolute Gasteiger partial charge is 0.468 e. The van der Waals surface area contributed by atoms with Gasteiger partial charge in [-0.3, -0.25) is 0 Å². The number of furan rings is 1. The standard InChI is InChI=1S/C4H6N2O/c5-3-1-7-2-4(3)6/h1-2H,5-6H2. The fourth-order valence-electron chi connectivity index (χ4n) is 0.317. The van der Waals surface area contributed by atoms with Crippen molar-refractivity contribution in [3.8, 4) is 0 Å². The van der Waals surface area contributed by atoms with Gasteiger partial charge in [-0.1, -0.05) is 0 Å². The first-order valence-corrected chi connectivity index (χ1v) is 1.88. The predicted molar refractivity (Wildman–Crippen MR) is 27.5 cm³/mol. The summed E-state index contributed by atoms with van der Waals surface area (Å²) in [7, 11) is 0. The maximum atomic E-state index is 5.22. The van der Waals surface area contributed by atoms with E-state index in [9.17, 15) is 0 Å². The molecule has 0 bridgehead atoms. The molecule has 0 aliphatic rings. The van der Waals surface area contributed by atoms with Crippen LogP contribution in [0.4, 0.5) is 11.4 Å². The van der Waals surface area contributed by atoms with Crippen LogP contribution < -0.4 is 11.5 Å². The molecule has 0 atom stereocenters. The van der Waals surface area contributed by atoms with Crippen LogP contribution in [0.15, 0.2) is 16.9 Å². The Labute approximate surface area is 40.9 Å². The Hall–Kier alpha value is -1.12. The molecule has 3 heteroatoms. The Morgan fingerprint density at radius 3 is 1.71 bits per heavy atom. The zero-order valence-corrected chi connectivity index (χ0v) is 3.72. The summed E-state index contributed by atoms with van der Waals surface area (Å²) in [5.41, 5.74) is 11.4. The van der Waals surface area contributed by atoms with Gasteiger partial charge < -0.3 is 15.9 Å². The van der Waals surface area contributed by atoms with Crippen molar-refractivity contribution >= 4 is 11.4 Å². The van der Waals surface area contributed by atoms with Crippen LogP contribution in [-0.2, 0) is 0 Å². The van der Waals surface area contributed by atoms with E-state index in [1.807, 2.05) is 0 Å². The van der Waals surface area contributed by atoms with Gasteiger partial charge in [-0.05, 0) is 0 Å². The van der Waals surface area contributed by atoms with E-state index in [-0.39, 0.29) is 0 Å². The third-order valence-corrected chi connectivity index (χ3v) is 0.723. The Morgan fingerprint density at radius 2 is 1.57 bits per heavy atom. The van der Waals surface area contributed by atoms with Gasteiger partial charge in [0.2, 0.25) is 0 Å². The first kappa shape index (κ1) is 4.05. The van der Waals surface area contributed by atoms with E-state index in [2.05, 4.69) is 4.42 Å². The lowest BCUT2D eigenvalue weighted by molar-refractivity contribution is 0.569. The normalized spacial score (nSPS) is 9.14. The van der Waals surface area contributed by atoms with E-state index in [1.165, 1.54) is 12.5 Å². The van der Waals surface area contributed by atoms with E-state index in [1.54, 1.807) is 0 Å². The predicted octanol–water partition coefficient (Wildman–Crippen LogP) is 0.444. The van der Waals surface area contributed by atoms with E-state index in [4.69, 9.17) is 11.5 Å². The van der Waals surface area contributed by atoms with E-state index >= 15 is 0 Å². The highest BCUT2D eigenvalue weighted by atomic mass is 16.3. The van der Waals surface area contributed by atoms with E-state index < -0.39 is 0 Å². The second-order valence-corrected chi connectivity index (χ2v) is 1.28. The fourth-order valence-corrected chi connectivity index (χ4v) is 0.317. The van der Waals surface area contributed by atoms with Crippen LogP contribution in [0.1, 0.15) is 0 Å². The Bertz CT molecular complexity index is 142. The first-order chi connectivity index (χ1) is 3.30. The van der Waals surface area contributed by atoms with Gasteiger partial charge in [0.15, 0.2) is 0 Å². The van der Waals surface area contributed by atoms with E-state index in [0.717, 1.165) is 0 Å². The van der Waals surface area contributed by atoms with Crippen LogP contribution in [-0.4, -0.2) is 0 Å². The molecule has 4 N–H and O–H groups in total. The van der Waals surface area contributed by atoms with Crippen LogP contribution in [0.25, 0.3) is 0 Å². The molecule has 0 aliphatic carbocycles. The van der Waals surface area contributed by atoms with Crippen LogP contribution in [0.2, 0.25) is 0 Å². The maximum absolute atomic E-state index is 5.22. The zero-order chi connectivity index (χ0) is 5.28. The molecule has 1 heterocycles. The molecule has 7 heavy (non-hydrogen) atoms. The van der Waals surface area contributed by atoms with Crippen molar-refractivity contribution in [3.05, 3.63) is 12.5 Å². The molecule has 0 amide bonds. The number of nitrogens with two attached hydrogens (primary N) is 2. The number of hydrogen-bond donors (Lipinski definition) is 2. The SMILES string of the molecule is Nc1cocc1N. The number of nitrogen functional groups attached to an aromatic ring is 2. The zero-order valence-electron chi connectivity index (χ0n) is 3.72. The Balaban J connectivity index is 3.12. The molecule has 0 saturated carbocycles. The second-order valence-electron chi connectivity index (χ2n) is 1.28. The fraction of sp³-hybridized carbons (Fsp3) is 0. The molecule has 0 aliphatic heterocycles. The van der Waals surface area contributed by atoms with Crippen molar-refractivity contribution < 1.29 is 4.42 Å². The number of rotatable bonds is 0. The van der Waals surface area contributed by atoms with Gasteiger partial charge in [0, 0.05) is 0 Å². The molecule has 0 aromatic carbocycles. The number of hydrogen-bond acceptors (Lipinski definition) is 3. The Kier molecular flexibility index (Phi) is 0.685. The monoisotopic (exact) mass is 98.0 g/mol. The van der Waals surface area contributed by atoms with Gasteiger partial charge in [0.1, 0.15) is 12.5 Å². The summed E-state index contributed by atoms with van der Waals surface area (Å²) in [4.78, 5) is 0. The average molecular weight is 98.1 g/mol. The molecular formula is C4H6N2O. The molecule has 0 radical (unpaired) electrons. The van der Waals surface area contributed by atoms with Crippen molar-refractivity contribution in [1.29, 1.82) is 0 Å². The molecule has 0 saturated heterocycles. The summed E-state index contributed by atoms with van der Waals surface area (Å²) in [6, 6.07) is 0. The van der Waals surface area contributed by atoms with Crippen molar-refractivity contribution in [3.63, 3.8) is 0 Å². The van der Waals surface area contributed by atoms with Gasteiger partial charge in [-0.15, -0.1) is 0 Å². The highest BCUT2D eigenvalue weighted by molar-refractivity contribution is 5.59. The first-order valence-electron chi connectivity index (χ1n) is 1.88. The Morgan fingerprint density at radius 1 is 1.14 bits per heavy atom. The smallest absolute Gasteiger partial charge is 0.115 e. The molecule has 1 aromatic heterocycles. The maximum Gasteiger partial charge on any atom is 0.115 e. The lowest BCUT2D eigenvalue weighted by Crippen LogP contribution is -1.87. The minimum absolute atomic E-state index is 0.500. The highest BCUT2D eigenvalue weighted by Crippen LogP contribution is 2.12. The molecule has 0 spiro atoms. The van der Waals surface area contributed by atoms with Gasteiger partial charge in [-0.25, -0.2) is 0 Å². The lowest BCUT2D eigenvalue weighted by Gasteiger charge is -1.79. The summed E-state index contributed by atoms with van der Waals surface area (Å²) < 4.78 is 4.59. The van der Waals surface area contributed by atoms with Crippen molar-refractivity contribution in [1.82, 2.24) is 0 Å². The third kappa shape index (κ3) is 0.513. The van der Waals surface area contributed by atoms with Crippen LogP contribution in [0, 0.1) is 0 Å². The summed E-state index contributed by atoms with van der Waals surface area (Å²) >= 11 is 0. The van der Waals surface area contributed by atoms with Crippen molar-refractivity contribution in [2.75, 3.05) is 11.5 Å². The van der Waals surface area contributed by atoms with Crippen molar-refractivity contribution in [2.45, 2.75) is 0 Å². The second kappa shape index (κ2) is 1.18. The number of anilines is 2. The quantitative estimate of drug-likeness (QED) is 0.495.